The summed E-state index contributed by atoms with van der Waals surface area (Å²) in [7, 11) is 0. The Morgan fingerprint density at radius 1 is 1.16 bits per heavy atom. The number of amides is 2. The first-order chi connectivity index (χ1) is 8.97. The molecule has 0 aromatic heterocycles. The van der Waals surface area contributed by atoms with Gasteiger partial charge >= 0.3 is 0 Å². The molecule has 19 heavy (non-hydrogen) atoms. The van der Waals surface area contributed by atoms with Crippen molar-refractivity contribution in [2.24, 2.45) is 0 Å². The molecular formula is C15H26N2O2. The molecular weight excluding hydrogens is 240 g/mol. The van der Waals surface area contributed by atoms with Crippen LogP contribution in [0, 0.1) is 0 Å². The van der Waals surface area contributed by atoms with Crippen LogP contribution >= 0.6 is 0 Å². The number of nitrogens with zero attached hydrogens (tertiary/aromatic N) is 1. The molecule has 1 atom stereocenters. The molecule has 4 heteroatoms. The van der Waals surface area contributed by atoms with Gasteiger partial charge in [0, 0.05) is 6.04 Å². The minimum absolute atomic E-state index is 0.0105. The molecule has 108 valence electrons. The first kappa shape index (κ1) is 14.4. The fraction of sp³-hybridized carbons (Fsp3) is 0.867. The summed E-state index contributed by atoms with van der Waals surface area (Å²) in [4.78, 5) is 26.8. The Morgan fingerprint density at radius 3 is 2.26 bits per heavy atom. The Bertz CT molecular complexity index is 357. The van der Waals surface area contributed by atoms with E-state index in [2.05, 4.69) is 5.32 Å². The van der Waals surface area contributed by atoms with Gasteiger partial charge in [-0.15, -0.1) is 0 Å². The molecule has 0 aromatic carbocycles. The molecule has 4 nitrogen and oxygen atoms in total. The molecule has 1 N–H and O–H groups in total. The van der Waals surface area contributed by atoms with Gasteiger partial charge < -0.3 is 10.2 Å². The smallest absolute Gasteiger partial charge is 0.248 e. The van der Waals surface area contributed by atoms with E-state index in [1.54, 1.807) is 0 Å². The lowest BCUT2D eigenvalue weighted by Gasteiger charge is -2.46. The van der Waals surface area contributed by atoms with E-state index in [4.69, 9.17) is 0 Å². The second-order valence-corrected chi connectivity index (χ2v) is 6.40. The lowest BCUT2D eigenvalue weighted by Crippen LogP contribution is -2.69. The predicted molar refractivity (Wildman–Crippen MR) is 74.6 cm³/mol. The van der Waals surface area contributed by atoms with Crippen molar-refractivity contribution in [1.29, 1.82) is 0 Å². The maximum Gasteiger partial charge on any atom is 0.248 e. The van der Waals surface area contributed by atoms with Crippen LogP contribution in [-0.2, 0) is 9.59 Å². The number of hydrogen-bond acceptors (Lipinski definition) is 2. The van der Waals surface area contributed by atoms with Crippen LogP contribution in [0.5, 0.6) is 0 Å². The van der Waals surface area contributed by atoms with Crippen molar-refractivity contribution in [1.82, 2.24) is 10.2 Å². The summed E-state index contributed by atoms with van der Waals surface area (Å²) in [5, 5.41) is 2.86. The van der Waals surface area contributed by atoms with Crippen molar-refractivity contribution in [3.63, 3.8) is 0 Å². The summed E-state index contributed by atoms with van der Waals surface area (Å²) in [6, 6.07) is -0.0195. The van der Waals surface area contributed by atoms with E-state index in [-0.39, 0.29) is 23.9 Å². The molecule has 1 saturated heterocycles. The van der Waals surface area contributed by atoms with Crippen LogP contribution in [0.4, 0.5) is 0 Å². The average Bonchev–Trinajstić information content (AvgIpc) is 2.61. The van der Waals surface area contributed by atoms with Gasteiger partial charge in [-0.2, -0.15) is 0 Å². The summed E-state index contributed by atoms with van der Waals surface area (Å²) in [5.41, 5.74) is -0.755. The lowest BCUT2D eigenvalue weighted by atomic mass is 9.92. The predicted octanol–water partition coefficient (Wildman–Crippen LogP) is 2.22. The Kier molecular flexibility index (Phi) is 4.16. The highest BCUT2D eigenvalue weighted by molar-refractivity contribution is 5.99. The number of carbonyl (C=O) groups is 2. The number of nitrogens with one attached hydrogen (secondary N) is 1. The van der Waals surface area contributed by atoms with Gasteiger partial charge in [-0.1, -0.05) is 32.6 Å². The van der Waals surface area contributed by atoms with Crippen molar-refractivity contribution < 1.29 is 9.59 Å². The highest BCUT2D eigenvalue weighted by Gasteiger charge is 2.46. The highest BCUT2D eigenvalue weighted by Crippen LogP contribution is 2.29. The summed E-state index contributed by atoms with van der Waals surface area (Å²) in [6.07, 6.45) is 7.65. The van der Waals surface area contributed by atoms with Crippen LogP contribution in [0.2, 0.25) is 0 Å². The standard InChI is InChI=1S/C15H26N2O2/c1-4-12-13(18)16-15(2,3)14(19)17(12)11-9-7-5-6-8-10-11/h11-12H,4-10H2,1-3H3,(H,16,18). The van der Waals surface area contributed by atoms with Crippen LogP contribution in [0.25, 0.3) is 0 Å². The molecule has 1 unspecified atom stereocenters. The summed E-state index contributed by atoms with van der Waals surface area (Å²) in [6.45, 7) is 5.60. The molecule has 2 amide bonds. The first-order valence-electron chi connectivity index (χ1n) is 7.62. The first-order valence-corrected chi connectivity index (χ1v) is 7.62. The van der Waals surface area contributed by atoms with Gasteiger partial charge in [-0.3, -0.25) is 9.59 Å². The Balaban J connectivity index is 2.25. The third kappa shape index (κ3) is 2.77. The molecule has 0 radical (unpaired) electrons. The number of rotatable bonds is 2. The third-order valence-electron chi connectivity index (χ3n) is 4.45. The van der Waals surface area contributed by atoms with E-state index in [0.29, 0.717) is 6.42 Å². The zero-order valence-electron chi connectivity index (χ0n) is 12.4. The quantitative estimate of drug-likeness (QED) is 0.779. The molecule has 2 aliphatic rings. The Labute approximate surface area is 115 Å². The molecule has 2 rings (SSSR count). The molecule has 1 aliphatic carbocycles. The van der Waals surface area contributed by atoms with Crippen molar-refractivity contribution in [2.75, 3.05) is 0 Å². The van der Waals surface area contributed by atoms with Gasteiger partial charge in [0.25, 0.3) is 0 Å². The van der Waals surface area contributed by atoms with E-state index < -0.39 is 5.54 Å². The van der Waals surface area contributed by atoms with E-state index in [1.807, 2.05) is 25.7 Å². The Morgan fingerprint density at radius 2 is 1.74 bits per heavy atom. The minimum Gasteiger partial charge on any atom is -0.340 e. The molecule has 1 aliphatic heterocycles. The van der Waals surface area contributed by atoms with E-state index >= 15 is 0 Å². The van der Waals surface area contributed by atoms with Gasteiger partial charge in [0.1, 0.15) is 11.6 Å². The van der Waals surface area contributed by atoms with E-state index in [0.717, 1.165) is 12.8 Å². The van der Waals surface area contributed by atoms with Crippen molar-refractivity contribution in [3.05, 3.63) is 0 Å². The topological polar surface area (TPSA) is 49.4 Å². The molecule has 0 aromatic rings. The van der Waals surface area contributed by atoms with Crippen LogP contribution in [0.1, 0.15) is 65.7 Å². The third-order valence-corrected chi connectivity index (χ3v) is 4.45. The molecule has 0 bridgehead atoms. The van der Waals surface area contributed by atoms with Gasteiger partial charge in [-0.05, 0) is 33.1 Å². The average molecular weight is 266 g/mol. The summed E-state index contributed by atoms with van der Waals surface area (Å²) in [5.74, 6) is 0.0993. The van der Waals surface area contributed by atoms with E-state index in [1.165, 1.54) is 25.7 Å². The number of hydrogen-bond donors (Lipinski definition) is 1. The second kappa shape index (κ2) is 5.51. The fourth-order valence-corrected chi connectivity index (χ4v) is 3.37. The maximum absolute atomic E-state index is 12.7. The monoisotopic (exact) mass is 266 g/mol. The minimum atomic E-state index is -0.755. The molecule has 2 fully saturated rings. The normalized spacial score (nSPS) is 29.0. The van der Waals surface area contributed by atoms with Crippen LogP contribution in [-0.4, -0.2) is 34.3 Å². The van der Waals surface area contributed by atoms with Crippen LogP contribution < -0.4 is 5.32 Å². The van der Waals surface area contributed by atoms with Crippen molar-refractivity contribution in [3.8, 4) is 0 Å². The van der Waals surface area contributed by atoms with Gasteiger partial charge in [0.15, 0.2) is 0 Å². The van der Waals surface area contributed by atoms with Gasteiger partial charge in [0.2, 0.25) is 11.8 Å². The number of piperazine rings is 1. The number of carbonyl (C=O) groups excluding carboxylic acids is 2. The van der Waals surface area contributed by atoms with Gasteiger partial charge in [0.05, 0.1) is 0 Å². The van der Waals surface area contributed by atoms with Crippen LogP contribution in [0.15, 0.2) is 0 Å². The largest absolute Gasteiger partial charge is 0.340 e. The zero-order chi connectivity index (χ0) is 14.0. The molecule has 1 heterocycles. The molecule has 1 saturated carbocycles. The second-order valence-electron chi connectivity index (χ2n) is 6.40. The Hall–Kier alpha value is -1.06. The van der Waals surface area contributed by atoms with Crippen molar-refractivity contribution >= 4 is 11.8 Å². The summed E-state index contributed by atoms with van der Waals surface area (Å²) < 4.78 is 0. The molecule has 0 spiro atoms. The van der Waals surface area contributed by atoms with Crippen molar-refractivity contribution in [2.45, 2.75) is 83.3 Å². The van der Waals surface area contributed by atoms with Crippen LogP contribution in [0.3, 0.4) is 0 Å². The zero-order valence-corrected chi connectivity index (χ0v) is 12.4. The SMILES string of the molecule is CCC1C(=O)NC(C)(C)C(=O)N1C1CCCCCC1. The highest BCUT2D eigenvalue weighted by atomic mass is 16.2. The fourth-order valence-electron chi connectivity index (χ4n) is 3.37. The van der Waals surface area contributed by atoms with E-state index in [9.17, 15) is 9.59 Å². The van der Waals surface area contributed by atoms with Gasteiger partial charge in [-0.25, -0.2) is 0 Å². The maximum atomic E-state index is 12.7. The lowest BCUT2D eigenvalue weighted by molar-refractivity contribution is -0.157. The summed E-state index contributed by atoms with van der Waals surface area (Å²) >= 11 is 0.